The second kappa shape index (κ2) is 5.08. The molecule has 2 aromatic rings. The Labute approximate surface area is 142 Å². The van der Waals surface area contributed by atoms with Crippen LogP contribution in [-0.2, 0) is 5.41 Å². The molecule has 116 valence electrons. The van der Waals surface area contributed by atoms with Crippen LogP contribution in [0.3, 0.4) is 0 Å². The minimum Gasteiger partial charge on any atom is -0.192 e. The van der Waals surface area contributed by atoms with Crippen molar-refractivity contribution in [2.45, 2.75) is 38.0 Å². The third kappa shape index (κ3) is 1.81. The van der Waals surface area contributed by atoms with E-state index in [0.29, 0.717) is 5.92 Å². The zero-order valence-corrected chi connectivity index (χ0v) is 13.9. The molecule has 0 N–H and O–H groups in total. The number of nitrogens with zero attached hydrogens (tertiary/aromatic N) is 2. The van der Waals surface area contributed by atoms with Crippen LogP contribution >= 0.6 is 0 Å². The van der Waals surface area contributed by atoms with E-state index in [-0.39, 0.29) is 5.41 Å². The first-order chi connectivity index (χ1) is 11.6. The molecule has 1 spiro atoms. The number of hydrogen-bond acceptors (Lipinski definition) is 2. The summed E-state index contributed by atoms with van der Waals surface area (Å²) in [5.74, 6) is 0.433. The van der Waals surface area contributed by atoms with E-state index < -0.39 is 0 Å². The molecular formula is C22H18N2. The molecule has 0 radical (unpaired) electrons. The Morgan fingerprint density at radius 1 is 1.00 bits per heavy atom. The van der Waals surface area contributed by atoms with Gasteiger partial charge < -0.3 is 0 Å². The number of nitriles is 2. The van der Waals surface area contributed by atoms with E-state index in [4.69, 9.17) is 0 Å². The first-order valence-electron chi connectivity index (χ1n) is 8.33. The molecule has 2 aromatic carbocycles. The van der Waals surface area contributed by atoms with Crippen LogP contribution in [0, 0.1) is 36.5 Å². The summed E-state index contributed by atoms with van der Waals surface area (Å²) in [5, 5.41) is 19.5. The SMILES string of the molecule is Cc1c(C)c(C#N)c2c(c1C#N)C=CCC21CC1c1ccccc1. The van der Waals surface area contributed by atoms with Gasteiger partial charge in [-0.05, 0) is 60.4 Å². The Balaban J connectivity index is 1.98. The van der Waals surface area contributed by atoms with Gasteiger partial charge in [-0.15, -0.1) is 0 Å². The van der Waals surface area contributed by atoms with Gasteiger partial charge in [0, 0.05) is 5.41 Å². The van der Waals surface area contributed by atoms with E-state index in [1.165, 1.54) is 5.56 Å². The summed E-state index contributed by atoms with van der Waals surface area (Å²) in [5.41, 5.74) is 6.82. The van der Waals surface area contributed by atoms with Crippen LogP contribution in [0.25, 0.3) is 6.08 Å². The number of fused-ring (bicyclic) bond motifs is 2. The average Bonchev–Trinajstić information content (AvgIpc) is 3.32. The maximum absolute atomic E-state index is 9.82. The van der Waals surface area contributed by atoms with E-state index in [1.807, 2.05) is 26.0 Å². The lowest BCUT2D eigenvalue weighted by Gasteiger charge is -2.27. The molecule has 2 nitrogen and oxygen atoms in total. The molecule has 1 fully saturated rings. The molecule has 2 aliphatic carbocycles. The second-order valence-electron chi connectivity index (χ2n) is 6.94. The van der Waals surface area contributed by atoms with Crippen LogP contribution in [0.4, 0.5) is 0 Å². The Morgan fingerprint density at radius 2 is 1.67 bits per heavy atom. The first kappa shape index (κ1) is 14.7. The predicted octanol–water partition coefficient (Wildman–Crippen LogP) is 4.89. The standard InChI is InChI=1S/C22H18N2/c1-14-15(2)19(13-24)21-17(18(14)12-23)9-6-10-22(21)11-20(22)16-7-4-3-5-8-16/h3-9,20H,10-11H2,1-2H3. The molecule has 0 heterocycles. The molecule has 0 bridgehead atoms. The molecule has 2 aliphatic rings. The molecule has 2 atom stereocenters. The first-order valence-corrected chi connectivity index (χ1v) is 8.33. The van der Waals surface area contributed by atoms with Crippen LogP contribution in [0.15, 0.2) is 36.4 Å². The Hall–Kier alpha value is -2.84. The number of benzene rings is 2. The van der Waals surface area contributed by atoms with Gasteiger partial charge in [0.05, 0.1) is 17.2 Å². The van der Waals surface area contributed by atoms with Crippen molar-refractivity contribution in [3.05, 3.63) is 75.4 Å². The zero-order chi connectivity index (χ0) is 16.9. The minimum absolute atomic E-state index is 0.0133. The van der Waals surface area contributed by atoms with Gasteiger partial charge in [0.25, 0.3) is 0 Å². The van der Waals surface area contributed by atoms with Crippen molar-refractivity contribution in [2.24, 2.45) is 0 Å². The van der Waals surface area contributed by atoms with Crippen molar-refractivity contribution in [2.75, 3.05) is 0 Å². The van der Waals surface area contributed by atoms with Gasteiger partial charge in [0.2, 0.25) is 0 Å². The number of allylic oxidation sites excluding steroid dienone is 1. The summed E-state index contributed by atoms with van der Waals surface area (Å²) in [6.45, 7) is 3.92. The summed E-state index contributed by atoms with van der Waals surface area (Å²) in [4.78, 5) is 0. The van der Waals surface area contributed by atoms with Crippen LogP contribution in [0.1, 0.15) is 57.7 Å². The van der Waals surface area contributed by atoms with E-state index in [9.17, 15) is 10.5 Å². The highest BCUT2D eigenvalue weighted by molar-refractivity contribution is 5.75. The number of hydrogen-bond donors (Lipinski definition) is 0. The van der Waals surface area contributed by atoms with Crippen LogP contribution in [-0.4, -0.2) is 0 Å². The van der Waals surface area contributed by atoms with Gasteiger partial charge in [-0.2, -0.15) is 10.5 Å². The fourth-order valence-electron chi connectivity index (χ4n) is 4.41. The molecular weight excluding hydrogens is 292 g/mol. The van der Waals surface area contributed by atoms with Crippen LogP contribution < -0.4 is 0 Å². The van der Waals surface area contributed by atoms with Gasteiger partial charge in [-0.1, -0.05) is 42.5 Å². The Kier molecular flexibility index (Phi) is 3.12. The normalized spacial score (nSPS) is 23.4. The molecule has 24 heavy (non-hydrogen) atoms. The molecule has 2 unspecified atom stereocenters. The van der Waals surface area contributed by atoms with Crippen LogP contribution in [0.2, 0.25) is 0 Å². The van der Waals surface area contributed by atoms with Gasteiger partial charge in [-0.3, -0.25) is 0 Å². The van der Waals surface area contributed by atoms with Crippen molar-refractivity contribution in [3.8, 4) is 12.1 Å². The van der Waals surface area contributed by atoms with Gasteiger partial charge in [-0.25, -0.2) is 0 Å². The van der Waals surface area contributed by atoms with E-state index in [1.54, 1.807) is 0 Å². The quantitative estimate of drug-likeness (QED) is 0.753. The third-order valence-corrected chi connectivity index (χ3v) is 5.87. The highest BCUT2D eigenvalue weighted by Crippen LogP contribution is 2.65. The van der Waals surface area contributed by atoms with Crippen molar-refractivity contribution >= 4 is 6.08 Å². The van der Waals surface area contributed by atoms with Gasteiger partial charge in [0.15, 0.2) is 0 Å². The second-order valence-corrected chi connectivity index (χ2v) is 6.94. The van der Waals surface area contributed by atoms with Crippen molar-refractivity contribution in [1.29, 1.82) is 10.5 Å². The molecule has 0 aliphatic heterocycles. The molecule has 4 rings (SSSR count). The largest absolute Gasteiger partial charge is 0.192 e. The highest BCUT2D eigenvalue weighted by atomic mass is 14.6. The molecule has 0 aromatic heterocycles. The van der Waals surface area contributed by atoms with E-state index in [2.05, 4.69) is 42.5 Å². The zero-order valence-electron chi connectivity index (χ0n) is 13.9. The summed E-state index contributed by atoms with van der Waals surface area (Å²) in [6, 6.07) is 15.4. The molecule has 2 heteroatoms. The van der Waals surface area contributed by atoms with Gasteiger partial charge in [0.1, 0.15) is 6.07 Å². The molecule has 0 saturated heterocycles. The molecule has 0 amide bonds. The highest BCUT2D eigenvalue weighted by Gasteiger charge is 2.58. The minimum atomic E-state index is -0.0133. The Morgan fingerprint density at radius 3 is 2.33 bits per heavy atom. The lowest BCUT2D eigenvalue weighted by molar-refractivity contribution is 0.665. The monoisotopic (exact) mass is 310 g/mol. The van der Waals surface area contributed by atoms with Crippen molar-refractivity contribution < 1.29 is 0 Å². The summed E-state index contributed by atoms with van der Waals surface area (Å²) in [6.07, 6.45) is 6.23. The maximum Gasteiger partial charge on any atom is 0.100 e. The Bertz CT molecular complexity index is 954. The van der Waals surface area contributed by atoms with Crippen LogP contribution in [0.5, 0.6) is 0 Å². The molecule has 1 saturated carbocycles. The lowest BCUT2D eigenvalue weighted by atomic mass is 9.75. The topological polar surface area (TPSA) is 47.6 Å². The smallest absolute Gasteiger partial charge is 0.100 e. The average molecular weight is 310 g/mol. The predicted molar refractivity (Wildman–Crippen MR) is 94.5 cm³/mol. The van der Waals surface area contributed by atoms with Crippen molar-refractivity contribution in [3.63, 3.8) is 0 Å². The van der Waals surface area contributed by atoms with Gasteiger partial charge >= 0.3 is 0 Å². The van der Waals surface area contributed by atoms with E-state index >= 15 is 0 Å². The fraction of sp³-hybridized carbons (Fsp3) is 0.273. The summed E-state index contributed by atoms with van der Waals surface area (Å²) < 4.78 is 0. The summed E-state index contributed by atoms with van der Waals surface area (Å²) >= 11 is 0. The fourth-order valence-corrected chi connectivity index (χ4v) is 4.41. The maximum atomic E-state index is 9.82. The van der Waals surface area contributed by atoms with Crippen molar-refractivity contribution in [1.82, 2.24) is 0 Å². The summed E-state index contributed by atoms with van der Waals surface area (Å²) in [7, 11) is 0. The third-order valence-electron chi connectivity index (χ3n) is 5.87. The number of rotatable bonds is 1. The van der Waals surface area contributed by atoms with E-state index in [0.717, 1.165) is 46.2 Å². The lowest BCUT2D eigenvalue weighted by Crippen LogP contribution is -2.18.